The summed E-state index contributed by atoms with van der Waals surface area (Å²) in [6.45, 7) is 5.27. The van der Waals surface area contributed by atoms with Crippen molar-refractivity contribution >= 4 is 22.6 Å². The van der Waals surface area contributed by atoms with Gasteiger partial charge < -0.3 is 15.4 Å². The second kappa shape index (κ2) is 8.40. The van der Waals surface area contributed by atoms with E-state index in [0.29, 0.717) is 5.56 Å². The number of aryl methyl sites for hydroxylation is 1. The van der Waals surface area contributed by atoms with E-state index in [2.05, 4.69) is 39.1 Å². The first-order valence-corrected chi connectivity index (χ1v) is 10.7. The molecule has 2 heterocycles. The summed E-state index contributed by atoms with van der Waals surface area (Å²) in [7, 11) is 0. The number of hydrogen-bond donors (Lipinski definition) is 1. The van der Waals surface area contributed by atoms with Gasteiger partial charge in [0.05, 0.1) is 24.2 Å². The third kappa shape index (κ3) is 3.69. The van der Waals surface area contributed by atoms with Gasteiger partial charge in [0, 0.05) is 42.3 Å². The first kappa shape index (κ1) is 20.2. The molecule has 6 heteroatoms. The van der Waals surface area contributed by atoms with Crippen LogP contribution in [0.25, 0.3) is 33.3 Å². The van der Waals surface area contributed by atoms with Crippen LogP contribution in [0.4, 0.5) is 5.69 Å². The maximum absolute atomic E-state index is 12.4. The Hall–Kier alpha value is -3.77. The van der Waals surface area contributed by atoms with E-state index in [1.807, 2.05) is 37.3 Å². The molecule has 1 aromatic heterocycles. The third-order valence-corrected chi connectivity index (χ3v) is 5.97. The third-order valence-electron chi connectivity index (χ3n) is 5.97. The number of benzene rings is 3. The summed E-state index contributed by atoms with van der Waals surface area (Å²) in [5.41, 5.74) is 13.9. The maximum Gasteiger partial charge on any atom is 0.249 e. The number of amides is 1. The molecule has 2 N–H and O–H groups in total. The van der Waals surface area contributed by atoms with Crippen LogP contribution in [0.2, 0.25) is 0 Å². The van der Waals surface area contributed by atoms with Crippen molar-refractivity contribution in [1.29, 1.82) is 0 Å². The first-order valence-electron chi connectivity index (χ1n) is 10.7. The molecular formula is C26H24N4O2. The summed E-state index contributed by atoms with van der Waals surface area (Å²) >= 11 is 0. The molecule has 1 saturated heterocycles. The molecule has 0 bridgehead atoms. The number of ether oxygens (including phenoxy) is 1. The average Bonchev–Trinajstić information content (AvgIpc) is 2.84. The second-order valence-corrected chi connectivity index (χ2v) is 7.95. The largest absolute Gasteiger partial charge is 0.378 e. The van der Waals surface area contributed by atoms with Gasteiger partial charge in [0.2, 0.25) is 5.91 Å². The molecule has 0 saturated carbocycles. The molecule has 0 spiro atoms. The molecule has 3 aromatic carbocycles. The number of hydrogen-bond acceptors (Lipinski definition) is 5. The summed E-state index contributed by atoms with van der Waals surface area (Å²) in [6.07, 6.45) is 3.37. The summed E-state index contributed by atoms with van der Waals surface area (Å²) in [5, 5.41) is 0. The predicted molar refractivity (Wildman–Crippen MR) is 127 cm³/mol. The van der Waals surface area contributed by atoms with E-state index < -0.39 is 5.91 Å². The SMILES string of the molecule is Cc1ccc(C(N)=O)c(-c2ccc(N3CCOCC3)cc2)c1-c1ccc2nccnc2c1. The fourth-order valence-electron chi connectivity index (χ4n) is 4.36. The molecule has 1 fully saturated rings. The second-order valence-electron chi connectivity index (χ2n) is 7.95. The van der Waals surface area contributed by atoms with Gasteiger partial charge in [-0.2, -0.15) is 0 Å². The number of nitrogens with zero attached hydrogens (tertiary/aromatic N) is 3. The number of aromatic nitrogens is 2. The highest BCUT2D eigenvalue weighted by Crippen LogP contribution is 2.39. The van der Waals surface area contributed by atoms with Crippen molar-refractivity contribution in [2.75, 3.05) is 31.2 Å². The smallest absolute Gasteiger partial charge is 0.249 e. The van der Waals surface area contributed by atoms with Crippen molar-refractivity contribution in [3.63, 3.8) is 0 Å². The molecule has 1 aliphatic rings. The van der Waals surface area contributed by atoms with Crippen molar-refractivity contribution in [2.24, 2.45) is 5.73 Å². The van der Waals surface area contributed by atoms with Gasteiger partial charge in [-0.3, -0.25) is 14.8 Å². The highest BCUT2D eigenvalue weighted by Gasteiger charge is 2.19. The van der Waals surface area contributed by atoms with Crippen LogP contribution >= 0.6 is 0 Å². The van der Waals surface area contributed by atoms with E-state index in [0.717, 1.165) is 70.8 Å². The molecule has 5 rings (SSSR count). The Kier molecular flexibility index (Phi) is 5.29. The van der Waals surface area contributed by atoms with Gasteiger partial charge in [-0.05, 0) is 59.5 Å². The molecule has 32 heavy (non-hydrogen) atoms. The zero-order valence-electron chi connectivity index (χ0n) is 17.9. The van der Waals surface area contributed by atoms with E-state index >= 15 is 0 Å². The Morgan fingerprint density at radius 1 is 0.875 bits per heavy atom. The van der Waals surface area contributed by atoms with E-state index in [1.165, 1.54) is 0 Å². The molecule has 1 amide bonds. The van der Waals surface area contributed by atoms with Gasteiger partial charge in [0.15, 0.2) is 0 Å². The Morgan fingerprint density at radius 3 is 2.28 bits per heavy atom. The van der Waals surface area contributed by atoms with E-state index in [1.54, 1.807) is 12.4 Å². The van der Waals surface area contributed by atoms with Crippen LogP contribution < -0.4 is 10.6 Å². The van der Waals surface area contributed by atoms with Gasteiger partial charge in [-0.25, -0.2) is 0 Å². The van der Waals surface area contributed by atoms with Crippen molar-refractivity contribution in [3.05, 3.63) is 78.1 Å². The molecule has 0 radical (unpaired) electrons. The van der Waals surface area contributed by atoms with Gasteiger partial charge in [0.25, 0.3) is 0 Å². The minimum Gasteiger partial charge on any atom is -0.378 e. The van der Waals surface area contributed by atoms with Crippen LogP contribution in [0.5, 0.6) is 0 Å². The fourth-order valence-corrected chi connectivity index (χ4v) is 4.36. The van der Waals surface area contributed by atoms with Crippen LogP contribution in [0.3, 0.4) is 0 Å². The Bertz CT molecular complexity index is 1300. The zero-order chi connectivity index (χ0) is 22.1. The van der Waals surface area contributed by atoms with Crippen LogP contribution in [0, 0.1) is 6.92 Å². The van der Waals surface area contributed by atoms with Gasteiger partial charge in [-0.15, -0.1) is 0 Å². The quantitative estimate of drug-likeness (QED) is 0.531. The Labute approximate surface area is 186 Å². The number of rotatable bonds is 4. The standard InChI is InChI=1S/C26H24N4O2/c1-17-2-8-21(26(27)31)25(18-3-6-20(7-4-18)30-12-14-32-15-13-30)24(17)19-5-9-22-23(16-19)29-11-10-28-22/h2-11,16H,12-15H2,1H3,(H2,27,31). The van der Waals surface area contributed by atoms with Crippen molar-refractivity contribution in [1.82, 2.24) is 9.97 Å². The number of fused-ring (bicyclic) bond motifs is 1. The van der Waals surface area contributed by atoms with Crippen LogP contribution in [0.15, 0.2) is 67.0 Å². The number of nitrogens with two attached hydrogens (primary N) is 1. The highest BCUT2D eigenvalue weighted by molar-refractivity contribution is 6.05. The minimum absolute atomic E-state index is 0.445. The molecular weight excluding hydrogens is 400 g/mol. The minimum atomic E-state index is -0.445. The Balaban J connectivity index is 1.66. The number of morpholine rings is 1. The summed E-state index contributed by atoms with van der Waals surface area (Å²) in [6, 6.07) is 18.1. The summed E-state index contributed by atoms with van der Waals surface area (Å²) < 4.78 is 5.46. The summed E-state index contributed by atoms with van der Waals surface area (Å²) in [5.74, 6) is -0.445. The van der Waals surface area contributed by atoms with E-state index in [9.17, 15) is 4.79 Å². The van der Waals surface area contributed by atoms with Crippen LogP contribution in [0.1, 0.15) is 15.9 Å². The van der Waals surface area contributed by atoms with Gasteiger partial charge >= 0.3 is 0 Å². The van der Waals surface area contributed by atoms with Crippen molar-refractivity contribution in [2.45, 2.75) is 6.92 Å². The lowest BCUT2D eigenvalue weighted by molar-refractivity contribution is 0.100. The van der Waals surface area contributed by atoms with Crippen molar-refractivity contribution in [3.8, 4) is 22.3 Å². The zero-order valence-corrected chi connectivity index (χ0v) is 17.9. The number of carbonyl (C=O) groups excluding carboxylic acids is 1. The van der Waals surface area contributed by atoms with Gasteiger partial charge in [-0.1, -0.05) is 24.3 Å². The fraction of sp³-hybridized carbons (Fsp3) is 0.192. The first-order chi connectivity index (χ1) is 15.6. The van der Waals surface area contributed by atoms with Crippen LogP contribution in [-0.4, -0.2) is 42.2 Å². The van der Waals surface area contributed by atoms with E-state index in [-0.39, 0.29) is 0 Å². The van der Waals surface area contributed by atoms with Crippen molar-refractivity contribution < 1.29 is 9.53 Å². The molecule has 0 aliphatic carbocycles. The molecule has 160 valence electrons. The number of anilines is 1. The molecule has 1 aliphatic heterocycles. The van der Waals surface area contributed by atoms with E-state index in [4.69, 9.17) is 10.5 Å². The summed E-state index contributed by atoms with van der Waals surface area (Å²) in [4.78, 5) is 23.5. The molecule has 0 atom stereocenters. The monoisotopic (exact) mass is 424 g/mol. The van der Waals surface area contributed by atoms with Gasteiger partial charge in [0.1, 0.15) is 0 Å². The predicted octanol–water partition coefficient (Wildman–Crippen LogP) is 4.21. The average molecular weight is 425 g/mol. The normalized spacial score (nSPS) is 14.0. The molecule has 4 aromatic rings. The number of primary amides is 1. The lowest BCUT2D eigenvalue weighted by Gasteiger charge is -2.29. The lowest BCUT2D eigenvalue weighted by Crippen LogP contribution is -2.36. The number of carbonyl (C=O) groups is 1. The topological polar surface area (TPSA) is 81.3 Å². The van der Waals surface area contributed by atoms with Crippen LogP contribution in [-0.2, 0) is 4.74 Å². The maximum atomic E-state index is 12.4. The molecule has 0 unspecified atom stereocenters. The highest BCUT2D eigenvalue weighted by atomic mass is 16.5. The molecule has 6 nitrogen and oxygen atoms in total. The lowest BCUT2D eigenvalue weighted by atomic mass is 9.87. The Morgan fingerprint density at radius 2 is 1.56 bits per heavy atom.